The molecule has 33 valence electrons. The van der Waals surface area contributed by atoms with E-state index in [-0.39, 0.29) is 22.9 Å². The van der Waals surface area contributed by atoms with Crippen LogP contribution in [-0.4, -0.2) is 22.9 Å². The normalized spacial score (nSPS) is 22.7. The molecule has 1 heteroatoms. The predicted molar refractivity (Wildman–Crippen MR) is 29.2 cm³/mol. The molecule has 0 aromatic carbocycles. The standard InChI is InChI=1S/C5H10.In/c1-3-5-4-2;/h1-5H2;. The minimum atomic E-state index is 0.144. The molecule has 1 saturated heterocycles. The van der Waals surface area contributed by atoms with Crippen LogP contribution in [0.2, 0.25) is 8.35 Å². The van der Waals surface area contributed by atoms with Gasteiger partial charge in [-0.3, -0.25) is 0 Å². The zero-order chi connectivity index (χ0) is 4.24. The summed E-state index contributed by atoms with van der Waals surface area (Å²) in [6.07, 6.45) is 4.72. The van der Waals surface area contributed by atoms with Gasteiger partial charge in [0.25, 0.3) is 0 Å². The molecule has 0 aliphatic carbocycles. The Morgan fingerprint density at radius 2 is 1.50 bits per heavy atom. The van der Waals surface area contributed by atoms with E-state index < -0.39 is 0 Å². The number of hydrogen-bond acceptors (Lipinski definition) is 0. The van der Waals surface area contributed by atoms with Crippen molar-refractivity contribution in [2.45, 2.75) is 27.6 Å². The summed E-state index contributed by atoms with van der Waals surface area (Å²) in [4.78, 5) is 0. The van der Waals surface area contributed by atoms with E-state index in [0.29, 0.717) is 0 Å². The van der Waals surface area contributed by atoms with Gasteiger partial charge in [0.2, 0.25) is 0 Å². The van der Waals surface area contributed by atoms with Crippen LogP contribution in [0.5, 0.6) is 0 Å². The molecule has 1 aliphatic heterocycles. The molecule has 0 atom stereocenters. The van der Waals surface area contributed by atoms with Crippen molar-refractivity contribution in [1.29, 1.82) is 0 Å². The van der Waals surface area contributed by atoms with Crippen LogP contribution >= 0.6 is 0 Å². The van der Waals surface area contributed by atoms with Gasteiger partial charge in [0.15, 0.2) is 0 Å². The van der Waals surface area contributed by atoms with Gasteiger partial charge in [-0.05, 0) is 0 Å². The molecule has 0 aromatic rings. The third kappa shape index (κ3) is 1.55. The Bertz CT molecular complexity index is 19.4. The van der Waals surface area contributed by atoms with E-state index in [1.54, 1.807) is 27.6 Å². The van der Waals surface area contributed by atoms with Crippen molar-refractivity contribution in [2.24, 2.45) is 0 Å². The van der Waals surface area contributed by atoms with Crippen molar-refractivity contribution in [2.75, 3.05) is 0 Å². The van der Waals surface area contributed by atoms with Crippen molar-refractivity contribution >= 4 is 22.9 Å². The molecule has 1 aliphatic rings. The zero-order valence-corrected chi connectivity index (χ0v) is 7.41. The van der Waals surface area contributed by atoms with Gasteiger partial charge in [-0.1, -0.05) is 0 Å². The average Bonchev–Trinajstić information content (AvgIpc) is 1.72. The Morgan fingerprint density at radius 1 is 0.833 bits per heavy atom. The Balaban J connectivity index is 2.00. The number of hydrogen-bond donors (Lipinski definition) is 0. The first kappa shape index (κ1) is 5.02. The second kappa shape index (κ2) is 2.95. The molecule has 0 spiro atoms. The zero-order valence-electron chi connectivity index (χ0n) is 4.11. The van der Waals surface area contributed by atoms with Gasteiger partial charge in [0.1, 0.15) is 0 Å². The first-order valence-corrected chi connectivity index (χ1v) is 7.48. The van der Waals surface area contributed by atoms with Crippen LogP contribution in [0.3, 0.4) is 0 Å². The van der Waals surface area contributed by atoms with E-state index in [4.69, 9.17) is 0 Å². The van der Waals surface area contributed by atoms with E-state index in [1.165, 1.54) is 0 Å². The van der Waals surface area contributed by atoms with Crippen LogP contribution in [0, 0.1) is 0 Å². The van der Waals surface area contributed by atoms with Gasteiger partial charge in [0, 0.05) is 0 Å². The van der Waals surface area contributed by atoms with E-state index >= 15 is 0 Å². The first-order chi connectivity index (χ1) is 3.00. The van der Waals surface area contributed by atoms with Crippen LogP contribution in [0.15, 0.2) is 0 Å². The van der Waals surface area contributed by atoms with Gasteiger partial charge in [-0.2, -0.15) is 0 Å². The Labute approximate surface area is 50.7 Å². The maximum absolute atomic E-state index is 1.69. The molecule has 0 aromatic heterocycles. The maximum atomic E-state index is 1.69. The summed E-state index contributed by atoms with van der Waals surface area (Å²) in [6.45, 7) is 0. The van der Waals surface area contributed by atoms with Crippen molar-refractivity contribution in [3.05, 3.63) is 0 Å². The predicted octanol–water partition coefficient (Wildman–Crippen LogP) is 1.71. The van der Waals surface area contributed by atoms with Gasteiger partial charge < -0.3 is 0 Å². The van der Waals surface area contributed by atoms with Gasteiger partial charge in [-0.15, -0.1) is 0 Å². The monoisotopic (exact) mass is 185 g/mol. The van der Waals surface area contributed by atoms with Crippen molar-refractivity contribution in [3.8, 4) is 0 Å². The molecule has 0 nitrogen and oxygen atoms in total. The van der Waals surface area contributed by atoms with Crippen molar-refractivity contribution in [3.63, 3.8) is 0 Å². The third-order valence-corrected chi connectivity index (χ3v) is 5.98. The Hall–Kier alpha value is 0.870. The molecule has 1 radical (unpaired) electrons. The second-order valence-electron chi connectivity index (χ2n) is 1.93. The molecule has 0 bridgehead atoms. The summed E-state index contributed by atoms with van der Waals surface area (Å²) < 4.78 is 3.38. The summed E-state index contributed by atoms with van der Waals surface area (Å²) in [5.41, 5.74) is 0. The summed E-state index contributed by atoms with van der Waals surface area (Å²) in [5, 5.41) is 0. The van der Waals surface area contributed by atoms with Crippen LogP contribution in [0.1, 0.15) is 19.3 Å². The van der Waals surface area contributed by atoms with E-state index in [0.717, 1.165) is 0 Å². The van der Waals surface area contributed by atoms with Crippen molar-refractivity contribution in [1.82, 2.24) is 0 Å². The van der Waals surface area contributed by atoms with Crippen LogP contribution in [-0.2, 0) is 0 Å². The fourth-order valence-corrected chi connectivity index (χ4v) is 5.02. The molecule has 1 fully saturated rings. The molecule has 1 rings (SSSR count). The molecular weight excluding hydrogens is 175 g/mol. The van der Waals surface area contributed by atoms with Crippen molar-refractivity contribution < 1.29 is 0 Å². The molecule has 0 saturated carbocycles. The van der Waals surface area contributed by atoms with E-state index in [1.807, 2.05) is 0 Å². The topological polar surface area (TPSA) is 0 Å². The second-order valence-corrected chi connectivity index (χ2v) is 6.87. The fourth-order valence-electron chi connectivity index (χ4n) is 0.898. The molecule has 0 unspecified atom stereocenters. The fraction of sp³-hybridized carbons (Fsp3) is 1.00. The molecular formula is C5H10In. The molecule has 1 heterocycles. The summed E-state index contributed by atoms with van der Waals surface area (Å²) in [5.74, 6) is 0. The summed E-state index contributed by atoms with van der Waals surface area (Å²) >= 11 is 0.144. The summed E-state index contributed by atoms with van der Waals surface area (Å²) in [6, 6.07) is 0. The number of rotatable bonds is 0. The van der Waals surface area contributed by atoms with Gasteiger partial charge in [-0.25, -0.2) is 0 Å². The van der Waals surface area contributed by atoms with E-state index in [9.17, 15) is 0 Å². The Kier molecular flexibility index (Phi) is 2.47. The quantitative estimate of drug-likeness (QED) is 0.538. The minimum absolute atomic E-state index is 0.144. The molecule has 0 N–H and O–H groups in total. The van der Waals surface area contributed by atoms with E-state index in [2.05, 4.69) is 0 Å². The SMILES string of the molecule is C1C[CH2][In][CH2]C1. The average molecular weight is 185 g/mol. The molecule has 6 heavy (non-hydrogen) atoms. The van der Waals surface area contributed by atoms with Crippen LogP contribution in [0.25, 0.3) is 0 Å². The van der Waals surface area contributed by atoms with Gasteiger partial charge in [0.05, 0.1) is 0 Å². The summed E-state index contributed by atoms with van der Waals surface area (Å²) in [7, 11) is 0. The van der Waals surface area contributed by atoms with Crippen LogP contribution in [0.4, 0.5) is 0 Å². The Morgan fingerprint density at radius 3 is 1.67 bits per heavy atom. The third-order valence-electron chi connectivity index (χ3n) is 1.32. The van der Waals surface area contributed by atoms with Crippen LogP contribution < -0.4 is 0 Å². The molecule has 0 amide bonds. The first-order valence-electron chi connectivity index (χ1n) is 2.82. The van der Waals surface area contributed by atoms with Gasteiger partial charge >= 0.3 is 50.5 Å².